The number of amides is 2. The van der Waals surface area contributed by atoms with Gasteiger partial charge in [0.25, 0.3) is 5.91 Å². The van der Waals surface area contributed by atoms with Crippen molar-refractivity contribution in [3.63, 3.8) is 0 Å². The number of carbonyl (C=O) groups excluding carboxylic acids is 2. The molecule has 7 nitrogen and oxygen atoms in total. The summed E-state index contributed by atoms with van der Waals surface area (Å²) in [6.07, 6.45) is 2.39. The number of anilines is 2. The Bertz CT molecular complexity index is 884. The highest BCUT2D eigenvalue weighted by molar-refractivity contribution is 7.99. The van der Waals surface area contributed by atoms with Gasteiger partial charge in [-0.2, -0.15) is 11.8 Å². The van der Waals surface area contributed by atoms with Gasteiger partial charge in [-0.3, -0.25) is 9.69 Å². The second kappa shape index (κ2) is 9.42. The van der Waals surface area contributed by atoms with Crippen LogP contribution in [0.1, 0.15) is 23.4 Å². The SMILES string of the molecule is O=C(NC[C@H]1CN(c2ccc(N3CCCSCCC3)c(F)c2)C(=O)O1)c1ccco1. The average molecular weight is 434 g/mol. The zero-order chi connectivity index (χ0) is 20.9. The molecule has 160 valence electrons. The molecule has 0 saturated carbocycles. The summed E-state index contributed by atoms with van der Waals surface area (Å²) >= 11 is 1.95. The molecule has 2 aromatic rings. The minimum atomic E-state index is -0.553. The molecule has 2 aliphatic heterocycles. The summed E-state index contributed by atoms with van der Waals surface area (Å²) in [4.78, 5) is 27.7. The summed E-state index contributed by atoms with van der Waals surface area (Å²) in [5.41, 5.74) is 1.02. The summed E-state index contributed by atoms with van der Waals surface area (Å²) in [5, 5.41) is 2.68. The van der Waals surface area contributed by atoms with E-state index in [4.69, 9.17) is 9.15 Å². The van der Waals surface area contributed by atoms with Crippen LogP contribution in [0, 0.1) is 5.82 Å². The molecule has 1 N–H and O–H groups in total. The van der Waals surface area contributed by atoms with E-state index in [-0.39, 0.29) is 30.6 Å². The van der Waals surface area contributed by atoms with Gasteiger partial charge in [-0.15, -0.1) is 0 Å². The maximum Gasteiger partial charge on any atom is 0.414 e. The Morgan fingerprint density at radius 3 is 2.73 bits per heavy atom. The van der Waals surface area contributed by atoms with Gasteiger partial charge >= 0.3 is 6.09 Å². The molecule has 2 fully saturated rings. The lowest BCUT2D eigenvalue weighted by molar-refractivity contribution is 0.0889. The fourth-order valence-electron chi connectivity index (χ4n) is 3.63. The van der Waals surface area contributed by atoms with Crippen LogP contribution in [0.5, 0.6) is 0 Å². The highest BCUT2D eigenvalue weighted by atomic mass is 32.2. The van der Waals surface area contributed by atoms with Crippen molar-refractivity contribution in [3.05, 3.63) is 48.2 Å². The lowest BCUT2D eigenvalue weighted by atomic mass is 10.2. The first-order chi connectivity index (χ1) is 14.6. The second-order valence-electron chi connectivity index (χ2n) is 7.25. The Balaban J connectivity index is 1.38. The summed E-state index contributed by atoms with van der Waals surface area (Å²) in [5.74, 6) is 1.65. The van der Waals surface area contributed by atoms with Crippen molar-refractivity contribution in [2.45, 2.75) is 18.9 Å². The molecule has 0 aliphatic carbocycles. The quantitative estimate of drug-likeness (QED) is 0.778. The maximum atomic E-state index is 14.9. The fourth-order valence-corrected chi connectivity index (χ4v) is 4.50. The number of benzene rings is 1. The fraction of sp³-hybridized carbons (Fsp3) is 0.429. The number of rotatable bonds is 5. The number of hydrogen-bond donors (Lipinski definition) is 1. The van der Waals surface area contributed by atoms with Gasteiger partial charge in [0.2, 0.25) is 0 Å². The van der Waals surface area contributed by atoms with Crippen LogP contribution in [-0.2, 0) is 4.74 Å². The predicted octanol–water partition coefficient (Wildman–Crippen LogP) is 3.51. The van der Waals surface area contributed by atoms with Gasteiger partial charge < -0.3 is 19.4 Å². The van der Waals surface area contributed by atoms with Crippen molar-refractivity contribution in [1.29, 1.82) is 0 Å². The molecule has 0 radical (unpaired) electrons. The molecule has 30 heavy (non-hydrogen) atoms. The van der Waals surface area contributed by atoms with Gasteiger partial charge in [-0.05, 0) is 54.7 Å². The highest BCUT2D eigenvalue weighted by Crippen LogP contribution is 2.29. The minimum Gasteiger partial charge on any atom is -0.459 e. The van der Waals surface area contributed by atoms with Gasteiger partial charge in [-0.25, -0.2) is 9.18 Å². The number of nitrogens with one attached hydrogen (secondary N) is 1. The number of carbonyl (C=O) groups is 2. The van der Waals surface area contributed by atoms with E-state index >= 15 is 0 Å². The first-order valence-electron chi connectivity index (χ1n) is 10.0. The number of halogens is 1. The van der Waals surface area contributed by atoms with Crippen molar-refractivity contribution in [2.24, 2.45) is 0 Å². The van der Waals surface area contributed by atoms with E-state index in [1.54, 1.807) is 24.3 Å². The summed E-state index contributed by atoms with van der Waals surface area (Å²) < 4.78 is 25.2. The molecule has 2 aliphatic rings. The molecular weight excluding hydrogens is 409 g/mol. The van der Waals surface area contributed by atoms with Gasteiger partial charge in [0, 0.05) is 13.1 Å². The molecule has 0 bridgehead atoms. The van der Waals surface area contributed by atoms with E-state index < -0.39 is 12.2 Å². The Hall–Kier alpha value is -2.68. The molecule has 1 atom stereocenters. The van der Waals surface area contributed by atoms with Crippen LogP contribution < -0.4 is 15.1 Å². The van der Waals surface area contributed by atoms with E-state index in [9.17, 15) is 14.0 Å². The van der Waals surface area contributed by atoms with E-state index in [2.05, 4.69) is 10.2 Å². The minimum absolute atomic E-state index is 0.147. The third-order valence-corrected chi connectivity index (χ3v) is 6.28. The smallest absolute Gasteiger partial charge is 0.414 e. The number of cyclic esters (lactones) is 1. The van der Waals surface area contributed by atoms with Crippen LogP contribution in [0.15, 0.2) is 41.0 Å². The van der Waals surface area contributed by atoms with Crippen molar-refractivity contribution in [1.82, 2.24) is 5.32 Å². The van der Waals surface area contributed by atoms with Crippen molar-refractivity contribution in [2.75, 3.05) is 47.5 Å². The number of furan rings is 1. The van der Waals surface area contributed by atoms with E-state index in [0.29, 0.717) is 11.4 Å². The lowest BCUT2D eigenvalue weighted by Gasteiger charge is -2.27. The molecule has 2 saturated heterocycles. The van der Waals surface area contributed by atoms with Crippen LogP contribution in [-0.4, -0.2) is 55.8 Å². The summed E-state index contributed by atoms with van der Waals surface area (Å²) in [6.45, 7) is 2.03. The molecule has 0 unspecified atom stereocenters. The van der Waals surface area contributed by atoms with E-state index in [0.717, 1.165) is 37.4 Å². The molecule has 1 aromatic heterocycles. The van der Waals surface area contributed by atoms with Crippen molar-refractivity contribution < 1.29 is 23.1 Å². The standard InChI is InChI=1S/C21H24FN3O4S/c22-17-12-15(5-6-18(17)24-7-2-10-30-11-3-8-24)25-14-16(29-21(25)27)13-23-20(26)19-4-1-9-28-19/h1,4-6,9,12,16H,2-3,7-8,10-11,13-14H2,(H,23,26)/t16-/m0/s1. The summed E-state index contributed by atoms with van der Waals surface area (Å²) in [6, 6.07) is 8.04. The van der Waals surface area contributed by atoms with E-state index in [1.807, 2.05) is 11.8 Å². The average Bonchev–Trinajstić information content (AvgIpc) is 3.36. The van der Waals surface area contributed by atoms with Crippen LogP contribution >= 0.6 is 11.8 Å². The van der Waals surface area contributed by atoms with Gasteiger partial charge in [0.1, 0.15) is 11.9 Å². The molecule has 2 amide bonds. The zero-order valence-electron chi connectivity index (χ0n) is 16.5. The Labute approximate surface area is 178 Å². The predicted molar refractivity (Wildman–Crippen MR) is 114 cm³/mol. The van der Waals surface area contributed by atoms with Gasteiger partial charge in [0.15, 0.2) is 5.76 Å². The lowest BCUT2D eigenvalue weighted by Crippen LogP contribution is -2.34. The Morgan fingerprint density at radius 2 is 2.03 bits per heavy atom. The van der Waals surface area contributed by atoms with Crippen molar-refractivity contribution in [3.8, 4) is 0 Å². The van der Waals surface area contributed by atoms with Crippen molar-refractivity contribution >= 4 is 35.1 Å². The Kier molecular flexibility index (Phi) is 6.47. The first-order valence-corrected chi connectivity index (χ1v) is 11.2. The molecule has 9 heteroatoms. The third-order valence-electron chi connectivity index (χ3n) is 5.13. The topological polar surface area (TPSA) is 75.0 Å². The molecule has 4 rings (SSSR count). The summed E-state index contributed by atoms with van der Waals surface area (Å²) in [7, 11) is 0. The monoisotopic (exact) mass is 433 g/mol. The van der Waals surface area contributed by atoms with Gasteiger partial charge in [0.05, 0.1) is 30.7 Å². The molecule has 1 aromatic carbocycles. The maximum absolute atomic E-state index is 14.9. The molecular formula is C21H24FN3O4S. The molecule has 3 heterocycles. The van der Waals surface area contributed by atoms with Crippen LogP contribution in [0.2, 0.25) is 0 Å². The number of thioether (sulfide) groups is 1. The van der Waals surface area contributed by atoms with Crippen LogP contribution in [0.25, 0.3) is 0 Å². The Morgan fingerprint density at radius 1 is 1.23 bits per heavy atom. The normalized spacial score (nSPS) is 19.9. The highest BCUT2D eigenvalue weighted by Gasteiger charge is 2.33. The third kappa shape index (κ3) is 4.72. The second-order valence-corrected chi connectivity index (χ2v) is 8.47. The van der Waals surface area contributed by atoms with Crippen LogP contribution in [0.4, 0.5) is 20.6 Å². The number of hydrogen-bond acceptors (Lipinski definition) is 6. The molecule has 0 spiro atoms. The zero-order valence-corrected chi connectivity index (χ0v) is 17.3. The first kappa shape index (κ1) is 20.6. The number of ether oxygens (including phenoxy) is 1. The van der Waals surface area contributed by atoms with Crippen LogP contribution in [0.3, 0.4) is 0 Å². The number of nitrogens with zero attached hydrogens (tertiary/aromatic N) is 2. The van der Waals surface area contributed by atoms with E-state index in [1.165, 1.54) is 17.2 Å². The van der Waals surface area contributed by atoms with Gasteiger partial charge in [-0.1, -0.05) is 0 Å². The largest absolute Gasteiger partial charge is 0.459 e.